The monoisotopic (exact) mass is 479 g/mol. The van der Waals surface area contributed by atoms with Gasteiger partial charge in [0.2, 0.25) is 15.7 Å². The number of rotatable bonds is 7. The number of ether oxygens (including phenoxy) is 1. The molecule has 3 heterocycles. The fourth-order valence-corrected chi connectivity index (χ4v) is 5.82. The van der Waals surface area contributed by atoms with Crippen molar-refractivity contribution in [3.8, 4) is 11.7 Å². The van der Waals surface area contributed by atoms with Crippen molar-refractivity contribution in [2.24, 2.45) is 5.92 Å². The number of nitrogens with one attached hydrogen (secondary N) is 1. The summed E-state index contributed by atoms with van der Waals surface area (Å²) in [5.41, 5.74) is 1.17. The zero-order chi connectivity index (χ0) is 22.9. The zero-order valence-corrected chi connectivity index (χ0v) is 19.0. The number of sulfone groups is 1. The first kappa shape index (κ1) is 22.2. The highest BCUT2D eigenvalue weighted by atomic mass is 32.2. The van der Waals surface area contributed by atoms with Crippen LogP contribution in [0.15, 0.2) is 32.5 Å². The number of nitrogens with zero attached hydrogens (tertiary/aromatic N) is 2. The highest BCUT2D eigenvalue weighted by molar-refractivity contribution is 7.91. The predicted octanol–water partition coefficient (Wildman–Crippen LogP) is 3.11. The van der Waals surface area contributed by atoms with Gasteiger partial charge in [0.1, 0.15) is 10.8 Å². The number of thiophene rings is 1. The summed E-state index contributed by atoms with van der Waals surface area (Å²) >= 11 is 1.28. The molecule has 0 radical (unpaired) electrons. The number of hydrogen-bond acceptors (Lipinski definition) is 10. The second-order valence-corrected chi connectivity index (χ2v) is 10.4. The lowest BCUT2D eigenvalue weighted by atomic mass is 9.88. The lowest BCUT2D eigenvalue weighted by Gasteiger charge is -2.18. The number of amides is 1. The lowest BCUT2D eigenvalue weighted by molar-refractivity contribution is -0.113. The molecule has 0 aromatic carbocycles. The number of fused-ring (bicyclic) bond motifs is 1. The van der Waals surface area contributed by atoms with Crippen LogP contribution in [0.5, 0.6) is 0 Å². The summed E-state index contributed by atoms with van der Waals surface area (Å²) in [7, 11) is -4.21. The number of carbonyl (C=O) groups is 2. The van der Waals surface area contributed by atoms with E-state index in [4.69, 9.17) is 13.6 Å². The van der Waals surface area contributed by atoms with E-state index in [2.05, 4.69) is 22.4 Å². The maximum absolute atomic E-state index is 12.6. The van der Waals surface area contributed by atoms with Gasteiger partial charge < -0.3 is 18.9 Å². The molecule has 0 bridgehead atoms. The van der Waals surface area contributed by atoms with Crippen LogP contribution < -0.4 is 5.32 Å². The normalized spacial score (nSPS) is 15.9. The van der Waals surface area contributed by atoms with Crippen molar-refractivity contribution in [3.05, 3.63) is 34.4 Å². The number of aromatic nitrogens is 2. The minimum Gasteiger partial charge on any atom is -0.462 e. The molecule has 32 heavy (non-hydrogen) atoms. The van der Waals surface area contributed by atoms with Crippen molar-refractivity contribution >= 4 is 38.1 Å². The van der Waals surface area contributed by atoms with E-state index in [-0.39, 0.29) is 18.3 Å². The lowest BCUT2D eigenvalue weighted by Crippen LogP contribution is -2.24. The van der Waals surface area contributed by atoms with E-state index >= 15 is 0 Å². The van der Waals surface area contributed by atoms with E-state index in [0.717, 1.165) is 23.3 Å². The molecule has 0 aliphatic heterocycles. The summed E-state index contributed by atoms with van der Waals surface area (Å²) in [6, 6.07) is 3.12. The summed E-state index contributed by atoms with van der Waals surface area (Å²) in [4.78, 5) is 26.2. The van der Waals surface area contributed by atoms with Gasteiger partial charge in [-0.05, 0) is 49.8 Å². The standard InChI is InChI=1S/C20H21N3O7S2/c1-3-28-19(25)16-12-7-6-11(2)9-14(12)31-18(16)21-15(24)10-32(26,27)20-23-22-17(30-20)13-5-4-8-29-13/h4-5,8,11H,3,6-7,9-10H2,1-2H3,(H,21,24). The quantitative estimate of drug-likeness (QED) is 0.506. The third-order valence-electron chi connectivity index (χ3n) is 4.97. The van der Waals surface area contributed by atoms with Gasteiger partial charge in [0.05, 0.1) is 18.4 Å². The van der Waals surface area contributed by atoms with E-state index in [0.29, 0.717) is 22.9 Å². The van der Waals surface area contributed by atoms with Crippen LogP contribution in [0.3, 0.4) is 0 Å². The largest absolute Gasteiger partial charge is 0.462 e. The Bertz CT molecular complexity index is 1240. The maximum Gasteiger partial charge on any atom is 0.341 e. The zero-order valence-electron chi connectivity index (χ0n) is 17.4. The molecule has 1 N–H and O–H groups in total. The Hall–Kier alpha value is -2.99. The Labute approximate surface area is 187 Å². The Balaban J connectivity index is 1.54. The van der Waals surface area contributed by atoms with Crippen LogP contribution in [0.25, 0.3) is 11.7 Å². The van der Waals surface area contributed by atoms with Gasteiger partial charge in [-0.3, -0.25) is 4.79 Å². The molecule has 1 amide bonds. The molecular weight excluding hydrogens is 458 g/mol. The Kier molecular flexibility index (Phi) is 6.15. The molecule has 0 fully saturated rings. The number of esters is 1. The second-order valence-electron chi connectivity index (χ2n) is 7.43. The van der Waals surface area contributed by atoms with Gasteiger partial charge in [0, 0.05) is 4.88 Å². The molecule has 170 valence electrons. The van der Waals surface area contributed by atoms with E-state index in [1.54, 1.807) is 13.0 Å². The van der Waals surface area contributed by atoms with Crippen LogP contribution >= 0.6 is 11.3 Å². The minimum absolute atomic E-state index is 0.112. The molecular formula is C20H21N3O7S2. The van der Waals surface area contributed by atoms with Gasteiger partial charge in [-0.25, -0.2) is 13.2 Å². The Morgan fingerprint density at radius 2 is 2.16 bits per heavy atom. The van der Waals surface area contributed by atoms with Crippen molar-refractivity contribution < 1.29 is 31.6 Å². The smallest absolute Gasteiger partial charge is 0.341 e. The van der Waals surface area contributed by atoms with Gasteiger partial charge in [-0.15, -0.1) is 16.4 Å². The number of anilines is 1. The Morgan fingerprint density at radius 3 is 2.88 bits per heavy atom. The van der Waals surface area contributed by atoms with Crippen LogP contribution in [0.1, 0.15) is 41.1 Å². The molecule has 3 aromatic rings. The SMILES string of the molecule is CCOC(=O)c1c(NC(=O)CS(=O)(=O)c2nnc(-c3ccco3)o2)sc2c1CCC(C)C2. The van der Waals surface area contributed by atoms with Crippen LogP contribution in [-0.4, -0.2) is 42.9 Å². The highest BCUT2D eigenvalue weighted by Gasteiger charge is 2.31. The molecule has 1 unspecified atom stereocenters. The first-order valence-corrected chi connectivity index (χ1v) is 12.5. The average molecular weight is 480 g/mol. The molecule has 1 atom stereocenters. The van der Waals surface area contributed by atoms with Crippen LogP contribution in [0.2, 0.25) is 0 Å². The molecule has 12 heteroatoms. The molecule has 1 aliphatic carbocycles. The molecule has 0 saturated carbocycles. The molecule has 10 nitrogen and oxygen atoms in total. The summed E-state index contributed by atoms with van der Waals surface area (Å²) in [5.74, 6) is -1.72. The van der Waals surface area contributed by atoms with Gasteiger partial charge >= 0.3 is 11.2 Å². The predicted molar refractivity (Wildman–Crippen MR) is 114 cm³/mol. The van der Waals surface area contributed by atoms with E-state index < -0.39 is 32.7 Å². The highest BCUT2D eigenvalue weighted by Crippen LogP contribution is 2.40. The summed E-state index contributed by atoms with van der Waals surface area (Å²) < 4.78 is 40.6. The third kappa shape index (κ3) is 4.46. The van der Waals surface area contributed by atoms with Gasteiger partial charge in [0.25, 0.3) is 5.89 Å². The van der Waals surface area contributed by atoms with Gasteiger partial charge in [0.15, 0.2) is 5.76 Å². The number of furan rings is 1. The summed E-state index contributed by atoms with van der Waals surface area (Å²) in [5, 5.41) is 9.34. The van der Waals surface area contributed by atoms with E-state index in [1.165, 1.54) is 23.7 Å². The topological polar surface area (TPSA) is 142 Å². The third-order valence-corrected chi connectivity index (χ3v) is 7.48. The fourth-order valence-electron chi connectivity index (χ4n) is 3.49. The maximum atomic E-state index is 12.6. The van der Waals surface area contributed by atoms with Crippen molar-refractivity contribution in [1.29, 1.82) is 0 Å². The Morgan fingerprint density at radius 1 is 1.34 bits per heavy atom. The average Bonchev–Trinajstić information content (AvgIpc) is 3.46. The number of hydrogen-bond donors (Lipinski definition) is 1. The van der Waals surface area contributed by atoms with Crippen LogP contribution in [0.4, 0.5) is 5.00 Å². The first-order valence-electron chi connectivity index (χ1n) is 10.00. The molecule has 4 rings (SSSR count). The van der Waals surface area contributed by atoms with Crippen molar-refractivity contribution in [3.63, 3.8) is 0 Å². The van der Waals surface area contributed by atoms with Crippen LogP contribution in [0, 0.1) is 5.92 Å². The first-order chi connectivity index (χ1) is 15.3. The van der Waals surface area contributed by atoms with Crippen molar-refractivity contribution in [2.45, 2.75) is 38.3 Å². The fraction of sp³-hybridized carbons (Fsp3) is 0.400. The van der Waals surface area contributed by atoms with Crippen molar-refractivity contribution in [1.82, 2.24) is 10.2 Å². The second kappa shape index (κ2) is 8.87. The van der Waals surface area contributed by atoms with Crippen molar-refractivity contribution in [2.75, 3.05) is 17.7 Å². The number of carbonyl (C=O) groups excluding carboxylic acids is 2. The molecule has 1 aliphatic rings. The van der Waals surface area contributed by atoms with Gasteiger partial charge in [-0.2, -0.15) is 0 Å². The molecule has 3 aromatic heterocycles. The summed E-state index contributed by atoms with van der Waals surface area (Å²) in [6.07, 6.45) is 3.79. The minimum atomic E-state index is -4.21. The molecule has 0 saturated heterocycles. The van der Waals surface area contributed by atoms with E-state index in [9.17, 15) is 18.0 Å². The van der Waals surface area contributed by atoms with E-state index in [1.807, 2.05) is 0 Å². The summed E-state index contributed by atoms with van der Waals surface area (Å²) in [6.45, 7) is 4.01. The molecule has 0 spiro atoms. The van der Waals surface area contributed by atoms with Gasteiger partial charge in [-0.1, -0.05) is 12.0 Å². The van der Waals surface area contributed by atoms with Crippen LogP contribution in [-0.2, 0) is 32.2 Å².